The zero-order chi connectivity index (χ0) is 26.4. The molecule has 0 spiro atoms. The predicted octanol–water partition coefficient (Wildman–Crippen LogP) is 3.78. The van der Waals surface area contributed by atoms with Crippen LogP contribution in [0.1, 0.15) is 91.2 Å². The summed E-state index contributed by atoms with van der Waals surface area (Å²) >= 11 is 2.42. The Labute approximate surface area is 261 Å². The van der Waals surface area contributed by atoms with Crippen LogP contribution in [0.2, 0.25) is 0 Å². The molecule has 39 heavy (non-hydrogen) atoms. The minimum absolute atomic E-state index is 0. The van der Waals surface area contributed by atoms with Gasteiger partial charge in [0.1, 0.15) is 0 Å². The minimum atomic E-state index is 0. The van der Waals surface area contributed by atoms with Gasteiger partial charge in [-0.25, -0.2) is 12.2 Å². The van der Waals surface area contributed by atoms with Crippen LogP contribution in [0.5, 0.6) is 0 Å². The fraction of sp³-hybridized carbons (Fsp3) is 0.500. The van der Waals surface area contributed by atoms with Gasteiger partial charge in [-0.15, -0.1) is 46.2 Å². The van der Waals surface area contributed by atoms with Crippen LogP contribution in [0.25, 0.3) is 21.5 Å². The summed E-state index contributed by atoms with van der Waals surface area (Å²) in [5.74, 6) is 4.40. The molecule has 5 aliphatic carbocycles. The maximum absolute atomic E-state index is 2.99. The molecule has 0 aliphatic heterocycles. The molecule has 3 aromatic carbocycles. The summed E-state index contributed by atoms with van der Waals surface area (Å²) in [5, 5.41) is 5.48. The molecule has 8 rings (SSSR count). The molecule has 0 nitrogen and oxygen atoms in total. The molecule has 208 valence electrons. The molecule has 0 amide bonds. The van der Waals surface area contributed by atoms with Gasteiger partial charge in [0.15, 0.2) is 0 Å². The Bertz CT molecular complexity index is 1230. The van der Waals surface area contributed by atoms with Gasteiger partial charge in [-0.2, -0.15) is 6.08 Å². The van der Waals surface area contributed by atoms with E-state index in [4.69, 9.17) is 0 Å². The van der Waals surface area contributed by atoms with Crippen LogP contribution in [-0.4, -0.2) is 3.81 Å². The van der Waals surface area contributed by atoms with E-state index in [9.17, 15) is 0 Å². The van der Waals surface area contributed by atoms with Gasteiger partial charge in [-0.1, -0.05) is 76.9 Å². The molecule has 0 N–H and O–H groups in total. The summed E-state index contributed by atoms with van der Waals surface area (Å²) in [4.78, 5) is 0. The van der Waals surface area contributed by atoms with Crippen molar-refractivity contribution in [2.75, 3.05) is 0 Å². The van der Waals surface area contributed by atoms with Crippen LogP contribution >= 0.6 is 0 Å². The Morgan fingerprint density at radius 3 is 1.51 bits per heavy atom. The quantitative estimate of drug-likeness (QED) is 0.274. The molecular formula is C36H44Cl2Ti-2. The van der Waals surface area contributed by atoms with Gasteiger partial charge in [-0.05, 0) is 10.8 Å². The predicted molar refractivity (Wildman–Crippen MR) is 158 cm³/mol. The molecule has 4 bridgehead atoms. The first-order chi connectivity index (χ1) is 17.5. The second-order valence-electron chi connectivity index (χ2n) is 14.0. The van der Waals surface area contributed by atoms with Crippen LogP contribution in [0.3, 0.4) is 0 Å². The number of hydrogen-bond acceptors (Lipinski definition) is 0. The molecule has 4 saturated carbocycles. The van der Waals surface area contributed by atoms with E-state index in [-0.39, 0.29) is 35.6 Å². The molecular weight excluding hydrogens is 551 g/mol. The molecule has 5 aliphatic rings. The third-order valence-electron chi connectivity index (χ3n) is 9.04. The summed E-state index contributed by atoms with van der Waals surface area (Å²) in [6.45, 7) is 13.6. The maximum atomic E-state index is 2.99. The Balaban J connectivity index is 0.000000194. The van der Waals surface area contributed by atoms with Gasteiger partial charge in [0.25, 0.3) is 0 Å². The summed E-state index contributed by atoms with van der Waals surface area (Å²) < 4.78 is 1.87. The zero-order valence-corrected chi connectivity index (χ0v) is 27.7. The van der Waals surface area contributed by atoms with Crippen LogP contribution in [0.15, 0.2) is 60.7 Å². The monoisotopic (exact) mass is 594 g/mol. The van der Waals surface area contributed by atoms with E-state index in [1.54, 1.807) is 32.1 Å². The van der Waals surface area contributed by atoms with Gasteiger partial charge < -0.3 is 24.8 Å². The standard InChI is InChI=1S/C21H25.C10H14.C5H5.2ClH.Ti/c1-20(2,3)16-7-9-18-14(12-16)11-15-13-17(21(4,5)6)8-10-19(15)18;1-7-2-9-4-8(1)5-10(3-7)6-9;1-2-4-5-3-1;;;/h7-13H,1-6H3;7-10H,1-5H2;1-3H,4H2;2*1H;/q-1;;-1;;;+2/p-2. The number of allylic oxidation sites excluding steroid dienone is 4. The Morgan fingerprint density at radius 2 is 1.18 bits per heavy atom. The summed E-state index contributed by atoms with van der Waals surface area (Å²) in [6.07, 6.45) is 17.8. The van der Waals surface area contributed by atoms with Crippen LogP contribution < -0.4 is 24.8 Å². The molecule has 0 saturated heterocycles. The van der Waals surface area contributed by atoms with Crippen molar-refractivity contribution in [2.45, 2.75) is 90.9 Å². The molecule has 4 fully saturated rings. The van der Waals surface area contributed by atoms with Crippen molar-refractivity contribution in [3.05, 3.63) is 77.9 Å². The van der Waals surface area contributed by atoms with Crippen molar-refractivity contribution in [3.8, 4) is 0 Å². The number of benzene rings is 2. The first kappa shape index (κ1) is 32.5. The number of halogens is 2. The Morgan fingerprint density at radius 1 is 0.718 bits per heavy atom. The average molecular weight is 596 g/mol. The molecule has 3 aromatic rings. The van der Waals surface area contributed by atoms with Crippen molar-refractivity contribution >= 4 is 25.4 Å². The number of fused-ring (bicyclic) bond motifs is 3. The van der Waals surface area contributed by atoms with Crippen molar-refractivity contribution in [3.63, 3.8) is 0 Å². The van der Waals surface area contributed by atoms with Crippen molar-refractivity contribution < 1.29 is 44.8 Å². The molecule has 0 heterocycles. The molecule has 0 atom stereocenters. The first-order valence-corrected chi connectivity index (χ1v) is 15.2. The summed E-state index contributed by atoms with van der Waals surface area (Å²) in [6, 6.07) is 16.2. The summed E-state index contributed by atoms with van der Waals surface area (Å²) in [7, 11) is 0. The normalized spacial score (nSPS) is 24.6. The van der Waals surface area contributed by atoms with Gasteiger partial charge in [0.05, 0.1) is 0 Å². The van der Waals surface area contributed by atoms with E-state index in [2.05, 4.69) is 116 Å². The van der Waals surface area contributed by atoms with E-state index in [0.29, 0.717) is 0 Å². The third-order valence-corrected chi connectivity index (χ3v) is 10.3. The van der Waals surface area contributed by atoms with E-state index >= 15 is 0 Å². The fourth-order valence-electron chi connectivity index (χ4n) is 6.99. The second kappa shape index (κ2) is 12.9. The molecule has 0 unspecified atom stereocenters. The fourth-order valence-corrected chi connectivity index (χ4v) is 7.72. The average Bonchev–Trinajstić information content (AvgIpc) is 3.52. The number of rotatable bonds is 0. The number of hydrogen-bond donors (Lipinski definition) is 0. The molecule has 0 aromatic heterocycles. The third kappa shape index (κ3) is 7.43. The van der Waals surface area contributed by atoms with Gasteiger partial charge in [0.2, 0.25) is 0 Å². The van der Waals surface area contributed by atoms with E-state index in [0.717, 1.165) is 30.1 Å². The van der Waals surface area contributed by atoms with E-state index < -0.39 is 0 Å². The molecule has 0 radical (unpaired) electrons. The van der Waals surface area contributed by atoms with Crippen molar-refractivity contribution in [2.24, 2.45) is 23.7 Å². The SMILES string of the molecule is CC(C)(C)c1ccc2c(c1)[cH-]c1cc(C(C)(C)C)ccc12.[C-]1=CC=CC1.[Cl-].[Cl-].[Ti+2]=[C]1C2CC3CC(C2)CC1C3. The van der Waals surface area contributed by atoms with Crippen molar-refractivity contribution in [1.82, 2.24) is 0 Å². The van der Waals surface area contributed by atoms with Crippen LogP contribution in [-0.2, 0) is 30.8 Å². The molecule has 3 heteroatoms. The van der Waals surface area contributed by atoms with Crippen molar-refractivity contribution in [1.29, 1.82) is 0 Å². The Hall–Kier alpha value is -1.05. The topological polar surface area (TPSA) is 0 Å². The van der Waals surface area contributed by atoms with E-state index in [1.165, 1.54) is 32.7 Å². The van der Waals surface area contributed by atoms with Gasteiger partial charge in [0, 0.05) is 0 Å². The van der Waals surface area contributed by atoms with Crippen LogP contribution in [0.4, 0.5) is 0 Å². The van der Waals surface area contributed by atoms with Gasteiger partial charge in [-0.3, -0.25) is 6.08 Å². The zero-order valence-electron chi connectivity index (χ0n) is 24.6. The second-order valence-corrected chi connectivity index (χ2v) is 14.9. The van der Waals surface area contributed by atoms with Gasteiger partial charge >= 0.3 is 79.6 Å². The van der Waals surface area contributed by atoms with Crippen LogP contribution in [0, 0.1) is 29.7 Å². The van der Waals surface area contributed by atoms with E-state index in [1.807, 2.05) is 16.0 Å². The Kier molecular flexibility index (Phi) is 10.7. The first-order valence-electron chi connectivity index (χ1n) is 14.4. The summed E-state index contributed by atoms with van der Waals surface area (Å²) in [5.41, 5.74) is 3.21.